The summed E-state index contributed by atoms with van der Waals surface area (Å²) in [7, 11) is 1.50. The van der Waals surface area contributed by atoms with Gasteiger partial charge in [0.05, 0.1) is 41.8 Å². The van der Waals surface area contributed by atoms with Gasteiger partial charge in [-0.25, -0.2) is 0 Å². The van der Waals surface area contributed by atoms with Gasteiger partial charge in [0, 0.05) is 12.5 Å². The largest absolute Gasteiger partial charge is 0.504 e. The summed E-state index contributed by atoms with van der Waals surface area (Å²) in [6.07, 6.45) is 2.52. The molecule has 0 spiro atoms. The van der Waals surface area contributed by atoms with Crippen LogP contribution in [0.15, 0.2) is 53.6 Å². The SMILES string of the molecule is CCCN1C(=O)[C@@H]2[C@@H](CC(CO)=C([C@H](O)CC/C(=C/c3cc(I)c(O)c(OC)c3)c3ccccc3)[C@@H]2CO)C1=O. The molecule has 2 aliphatic rings. The van der Waals surface area contributed by atoms with Crippen LogP contribution in [0.3, 0.4) is 0 Å². The van der Waals surface area contributed by atoms with Crippen LogP contribution in [0.2, 0.25) is 0 Å². The molecule has 2 aromatic carbocycles. The van der Waals surface area contributed by atoms with E-state index in [1.165, 1.54) is 12.0 Å². The van der Waals surface area contributed by atoms with Crippen molar-refractivity contribution in [3.63, 3.8) is 0 Å². The first-order valence-electron chi connectivity index (χ1n) is 13.5. The zero-order chi connectivity index (χ0) is 29.0. The lowest BCUT2D eigenvalue weighted by Crippen LogP contribution is -2.39. The maximum Gasteiger partial charge on any atom is 0.233 e. The van der Waals surface area contributed by atoms with Crippen molar-refractivity contribution in [3.05, 3.63) is 68.3 Å². The number of halogens is 1. The van der Waals surface area contributed by atoms with Gasteiger partial charge in [-0.15, -0.1) is 0 Å². The second kappa shape index (κ2) is 13.3. The van der Waals surface area contributed by atoms with Gasteiger partial charge >= 0.3 is 0 Å². The Balaban J connectivity index is 1.64. The summed E-state index contributed by atoms with van der Waals surface area (Å²) >= 11 is 2.05. The molecule has 0 unspecified atom stereocenters. The number of amides is 2. The quantitative estimate of drug-likeness (QED) is 0.124. The number of methoxy groups -OCH3 is 1. The van der Waals surface area contributed by atoms with Crippen LogP contribution in [0, 0.1) is 21.3 Å². The number of carbonyl (C=O) groups is 2. The molecule has 8 nitrogen and oxygen atoms in total. The summed E-state index contributed by atoms with van der Waals surface area (Å²) in [5.74, 6) is -2.23. The van der Waals surface area contributed by atoms with E-state index in [2.05, 4.69) is 0 Å². The van der Waals surface area contributed by atoms with Crippen LogP contribution in [-0.4, -0.2) is 70.1 Å². The Morgan fingerprint density at radius 3 is 2.52 bits per heavy atom. The van der Waals surface area contributed by atoms with Gasteiger partial charge in [0.2, 0.25) is 11.8 Å². The molecular weight excluding hydrogens is 625 g/mol. The molecule has 2 amide bonds. The second-order valence-electron chi connectivity index (χ2n) is 10.3. The standard InChI is InChI=1S/C31H36INO7/c1-3-11-33-30(38)22-15-21(16-34)27(23(17-35)28(22)31(33)39)25(36)10-9-20(19-7-5-4-6-8-19)12-18-13-24(32)29(37)26(14-18)40-2/h4-8,12-14,22-23,25,28,34-37H,3,9-11,15-17H2,1-2H3/b20-12-/t22-,23+,25-,28-/m1/s1. The number of aromatic hydroxyl groups is 1. The van der Waals surface area contributed by atoms with Crippen LogP contribution in [0.4, 0.5) is 0 Å². The first kappa shape index (κ1) is 30.2. The van der Waals surface area contributed by atoms with Gasteiger partial charge in [-0.05, 0) is 88.3 Å². The van der Waals surface area contributed by atoms with Crippen LogP contribution in [0.5, 0.6) is 11.5 Å². The maximum absolute atomic E-state index is 13.2. The lowest BCUT2D eigenvalue weighted by atomic mass is 9.68. The number of hydrogen-bond donors (Lipinski definition) is 4. The number of carbonyl (C=O) groups excluding carboxylic acids is 2. The van der Waals surface area contributed by atoms with Crippen LogP contribution in [0.25, 0.3) is 11.6 Å². The fourth-order valence-electron chi connectivity index (χ4n) is 6.05. The molecule has 40 heavy (non-hydrogen) atoms. The van der Waals surface area contributed by atoms with E-state index >= 15 is 0 Å². The van der Waals surface area contributed by atoms with E-state index in [1.54, 1.807) is 6.07 Å². The van der Waals surface area contributed by atoms with Crippen molar-refractivity contribution in [2.45, 2.75) is 38.7 Å². The van der Waals surface area contributed by atoms with Crippen molar-refractivity contribution in [2.24, 2.45) is 17.8 Å². The number of aliphatic hydroxyl groups excluding tert-OH is 3. The Morgan fingerprint density at radius 1 is 1.18 bits per heavy atom. The number of nitrogens with zero attached hydrogens (tertiary/aromatic N) is 1. The van der Waals surface area contributed by atoms with Crippen LogP contribution in [0.1, 0.15) is 43.7 Å². The Labute approximate surface area is 248 Å². The van der Waals surface area contributed by atoms with Crippen LogP contribution in [-0.2, 0) is 9.59 Å². The molecular formula is C31H36INO7. The molecule has 4 atom stereocenters. The van der Waals surface area contributed by atoms with Gasteiger partial charge in [0.1, 0.15) is 0 Å². The van der Waals surface area contributed by atoms with E-state index < -0.39 is 30.5 Å². The predicted octanol–water partition coefficient (Wildman–Crippen LogP) is 4.00. The van der Waals surface area contributed by atoms with Crippen molar-refractivity contribution >= 4 is 46.1 Å². The average molecular weight is 662 g/mol. The number of phenolic OH excluding ortho intramolecular Hbond substituents is 1. The number of allylic oxidation sites excluding steroid dienone is 1. The zero-order valence-electron chi connectivity index (χ0n) is 22.7. The van der Waals surface area contributed by atoms with Crippen molar-refractivity contribution in [1.82, 2.24) is 4.90 Å². The van der Waals surface area contributed by atoms with E-state index in [0.717, 1.165) is 16.7 Å². The monoisotopic (exact) mass is 661 g/mol. The molecule has 0 radical (unpaired) electrons. The van der Waals surface area contributed by atoms with Gasteiger partial charge in [0.15, 0.2) is 11.5 Å². The van der Waals surface area contributed by atoms with Crippen molar-refractivity contribution in [1.29, 1.82) is 0 Å². The summed E-state index contributed by atoms with van der Waals surface area (Å²) in [5.41, 5.74) is 3.71. The smallest absolute Gasteiger partial charge is 0.233 e. The summed E-state index contributed by atoms with van der Waals surface area (Å²) in [6.45, 7) is 1.46. The summed E-state index contributed by atoms with van der Waals surface area (Å²) in [5, 5.41) is 42.3. The minimum Gasteiger partial charge on any atom is -0.504 e. The molecule has 0 aromatic heterocycles. The molecule has 1 aliphatic heterocycles. The minimum absolute atomic E-state index is 0.0727. The van der Waals surface area contributed by atoms with E-state index in [1.807, 2.05) is 72.0 Å². The van der Waals surface area contributed by atoms with Gasteiger partial charge in [-0.2, -0.15) is 0 Å². The molecule has 0 saturated carbocycles. The third-order valence-electron chi connectivity index (χ3n) is 7.91. The molecule has 1 fully saturated rings. The first-order chi connectivity index (χ1) is 19.2. The highest BCUT2D eigenvalue weighted by Gasteiger charge is 2.54. The Kier molecular flexibility index (Phi) is 10.0. The second-order valence-corrected chi connectivity index (χ2v) is 11.5. The van der Waals surface area contributed by atoms with Crippen LogP contribution >= 0.6 is 22.6 Å². The molecule has 9 heteroatoms. The van der Waals surface area contributed by atoms with E-state index in [4.69, 9.17) is 4.74 Å². The number of benzene rings is 2. The molecule has 4 N–H and O–H groups in total. The molecule has 2 aromatic rings. The Bertz CT molecular complexity index is 1310. The highest BCUT2D eigenvalue weighted by molar-refractivity contribution is 14.1. The van der Waals surface area contributed by atoms with Gasteiger partial charge in [-0.3, -0.25) is 14.5 Å². The third-order valence-corrected chi connectivity index (χ3v) is 8.73. The highest BCUT2D eigenvalue weighted by atomic mass is 127. The fraction of sp³-hybridized carbons (Fsp3) is 0.419. The molecule has 0 bridgehead atoms. The number of ether oxygens (including phenoxy) is 1. The van der Waals surface area contributed by atoms with Crippen molar-refractivity contribution < 1.29 is 34.8 Å². The molecule has 4 rings (SSSR count). The van der Waals surface area contributed by atoms with Crippen LogP contribution < -0.4 is 4.74 Å². The summed E-state index contributed by atoms with van der Waals surface area (Å²) in [6, 6.07) is 13.3. The summed E-state index contributed by atoms with van der Waals surface area (Å²) in [4.78, 5) is 27.5. The predicted molar refractivity (Wildman–Crippen MR) is 160 cm³/mol. The Hall–Kier alpha value is -2.73. The molecule has 1 aliphatic carbocycles. The third kappa shape index (κ3) is 5.97. The number of aliphatic hydroxyl groups is 3. The molecule has 1 saturated heterocycles. The lowest BCUT2D eigenvalue weighted by molar-refractivity contribution is -0.140. The number of fused-ring (bicyclic) bond motifs is 1. The van der Waals surface area contributed by atoms with Crippen molar-refractivity contribution in [2.75, 3.05) is 26.9 Å². The Morgan fingerprint density at radius 2 is 1.90 bits per heavy atom. The van der Waals surface area contributed by atoms with E-state index in [0.29, 0.717) is 39.9 Å². The normalized spacial score (nSPS) is 22.1. The van der Waals surface area contributed by atoms with Crippen molar-refractivity contribution in [3.8, 4) is 11.5 Å². The van der Waals surface area contributed by atoms with Gasteiger partial charge in [0.25, 0.3) is 0 Å². The number of phenols is 1. The molecule has 1 heterocycles. The lowest BCUT2D eigenvalue weighted by Gasteiger charge is -2.36. The first-order valence-corrected chi connectivity index (χ1v) is 14.6. The number of hydrogen-bond acceptors (Lipinski definition) is 7. The zero-order valence-corrected chi connectivity index (χ0v) is 24.9. The topological polar surface area (TPSA) is 128 Å². The fourth-order valence-corrected chi connectivity index (χ4v) is 6.67. The summed E-state index contributed by atoms with van der Waals surface area (Å²) < 4.78 is 5.96. The number of likely N-dealkylation sites (tertiary alicyclic amines) is 1. The number of rotatable bonds is 11. The van der Waals surface area contributed by atoms with Gasteiger partial charge < -0.3 is 25.2 Å². The molecule has 214 valence electrons. The maximum atomic E-state index is 13.2. The van der Waals surface area contributed by atoms with E-state index in [-0.39, 0.29) is 37.0 Å². The van der Waals surface area contributed by atoms with E-state index in [9.17, 15) is 30.0 Å². The average Bonchev–Trinajstić information content (AvgIpc) is 3.20. The minimum atomic E-state index is -1.02. The van der Waals surface area contributed by atoms with Gasteiger partial charge in [-0.1, -0.05) is 43.3 Å². The number of imide groups is 1. The highest BCUT2D eigenvalue weighted by Crippen LogP contribution is 2.46.